The first-order chi connectivity index (χ1) is 8.43. The fourth-order valence-electron chi connectivity index (χ4n) is 1.35. The Morgan fingerprint density at radius 2 is 2.33 bits per heavy atom. The van der Waals surface area contributed by atoms with Gasteiger partial charge in [-0.05, 0) is 47.7 Å². The van der Waals surface area contributed by atoms with Gasteiger partial charge in [0.1, 0.15) is 5.84 Å². The summed E-state index contributed by atoms with van der Waals surface area (Å²) in [7, 11) is 0. The molecule has 0 fully saturated rings. The van der Waals surface area contributed by atoms with Crippen LogP contribution in [-0.4, -0.2) is 23.0 Å². The molecule has 0 spiro atoms. The normalized spacial score (nSPS) is 13.2. The molecule has 0 saturated carbocycles. The fourth-order valence-corrected chi connectivity index (χ4v) is 1.87. The van der Waals surface area contributed by atoms with E-state index in [9.17, 15) is 4.79 Å². The van der Waals surface area contributed by atoms with Crippen molar-refractivity contribution >= 4 is 45.9 Å². The third-order valence-electron chi connectivity index (χ3n) is 2.20. The van der Waals surface area contributed by atoms with Crippen molar-refractivity contribution in [2.75, 3.05) is 0 Å². The summed E-state index contributed by atoms with van der Waals surface area (Å²) in [6.45, 7) is 1.77. The molecule has 0 aliphatic carbocycles. The predicted octanol–water partition coefficient (Wildman–Crippen LogP) is 2.20. The van der Waals surface area contributed by atoms with Crippen LogP contribution in [0.25, 0.3) is 0 Å². The van der Waals surface area contributed by atoms with E-state index in [2.05, 4.69) is 33.1 Å². The van der Waals surface area contributed by atoms with E-state index in [0.717, 1.165) is 3.57 Å². The summed E-state index contributed by atoms with van der Waals surface area (Å²) in [6.07, 6.45) is 0.278. The van der Waals surface area contributed by atoms with E-state index in [1.54, 1.807) is 25.1 Å². The van der Waals surface area contributed by atoms with E-state index < -0.39 is 0 Å². The minimum Gasteiger partial charge on any atom is -0.409 e. The number of carbonyl (C=O) groups excluding carboxylic acids is 1. The van der Waals surface area contributed by atoms with Crippen molar-refractivity contribution in [1.82, 2.24) is 5.32 Å². The van der Waals surface area contributed by atoms with E-state index in [0.29, 0.717) is 10.6 Å². The molecule has 1 aromatic carbocycles. The Kier molecular flexibility index (Phi) is 5.67. The van der Waals surface area contributed by atoms with Gasteiger partial charge >= 0.3 is 0 Å². The molecule has 18 heavy (non-hydrogen) atoms. The van der Waals surface area contributed by atoms with Crippen molar-refractivity contribution in [3.63, 3.8) is 0 Å². The first-order valence-corrected chi connectivity index (χ1v) is 6.62. The number of rotatable bonds is 4. The summed E-state index contributed by atoms with van der Waals surface area (Å²) in [5, 5.41) is 14.6. The number of amides is 1. The number of nitrogens with zero attached hydrogens (tertiary/aromatic N) is 1. The first-order valence-electron chi connectivity index (χ1n) is 5.16. The second-order valence-corrected chi connectivity index (χ2v) is 5.37. The van der Waals surface area contributed by atoms with Gasteiger partial charge in [-0.1, -0.05) is 16.8 Å². The number of nitrogens with one attached hydrogen (secondary N) is 1. The molecular weight excluding hydrogens is 368 g/mol. The highest BCUT2D eigenvalue weighted by molar-refractivity contribution is 14.1. The van der Waals surface area contributed by atoms with Crippen LogP contribution in [0.4, 0.5) is 0 Å². The molecular formula is C11H13ClIN3O2. The lowest BCUT2D eigenvalue weighted by Gasteiger charge is -2.13. The van der Waals surface area contributed by atoms with E-state index >= 15 is 0 Å². The number of benzene rings is 1. The van der Waals surface area contributed by atoms with Crippen LogP contribution in [0, 0.1) is 3.57 Å². The Morgan fingerprint density at radius 3 is 2.89 bits per heavy atom. The lowest BCUT2D eigenvalue weighted by molar-refractivity contribution is 0.0941. The van der Waals surface area contributed by atoms with Gasteiger partial charge in [-0.15, -0.1) is 0 Å². The van der Waals surface area contributed by atoms with Gasteiger partial charge in [-0.2, -0.15) is 0 Å². The summed E-state index contributed by atoms with van der Waals surface area (Å²) in [5.74, 6) is -0.171. The van der Waals surface area contributed by atoms with Crippen molar-refractivity contribution in [2.24, 2.45) is 10.9 Å². The van der Waals surface area contributed by atoms with Crippen LogP contribution < -0.4 is 11.1 Å². The maximum atomic E-state index is 11.9. The predicted molar refractivity (Wildman–Crippen MR) is 79.1 cm³/mol. The lowest BCUT2D eigenvalue weighted by Crippen LogP contribution is -2.35. The highest BCUT2D eigenvalue weighted by atomic mass is 127. The zero-order valence-electron chi connectivity index (χ0n) is 9.65. The second kappa shape index (κ2) is 6.79. The van der Waals surface area contributed by atoms with E-state index in [-0.39, 0.29) is 24.2 Å². The highest BCUT2D eigenvalue weighted by Gasteiger charge is 2.12. The Hall–Kier alpha value is -1.02. The number of halogens is 2. The van der Waals surface area contributed by atoms with E-state index in [4.69, 9.17) is 22.5 Å². The van der Waals surface area contributed by atoms with Gasteiger partial charge in [0.05, 0.1) is 5.02 Å². The van der Waals surface area contributed by atoms with Crippen LogP contribution in [0.2, 0.25) is 5.02 Å². The molecule has 98 valence electrons. The average molecular weight is 382 g/mol. The van der Waals surface area contributed by atoms with Gasteiger partial charge in [-0.3, -0.25) is 4.79 Å². The molecule has 1 aromatic rings. The summed E-state index contributed by atoms with van der Waals surface area (Å²) in [5.41, 5.74) is 5.84. The molecule has 1 unspecified atom stereocenters. The molecule has 7 heteroatoms. The Balaban J connectivity index is 2.67. The third-order valence-corrected chi connectivity index (χ3v) is 3.78. The molecule has 4 N–H and O–H groups in total. The SMILES string of the molecule is CC(C/C(N)=N/O)NC(=O)c1ccc(I)c(Cl)c1. The smallest absolute Gasteiger partial charge is 0.251 e. The van der Waals surface area contributed by atoms with E-state index in [1.807, 2.05) is 0 Å². The van der Waals surface area contributed by atoms with Crippen LogP contribution >= 0.6 is 34.2 Å². The second-order valence-electron chi connectivity index (χ2n) is 3.80. The number of oxime groups is 1. The molecule has 0 heterocycles. The highest BCUT2D eigenvalue weighted by Crippen LogP contribution is 2.19. The topological polar surface area (TPSA) is 87.7 Å². The quantitative estimate of drug-likeness (QED) is 0.246. The van der Waals surface area contributed by atoms with Crippen molar-refractivity contribution < 1.29 is 10.0 Å². The molecule has 1 atom stereocenters. The summed E-state index contributed by atoms with van der Waals surface area (Å²) < 4.78 is 0.885. The van der Waals surface area contributed by atoms with Gasteiger partial charge in [0.25, 0.3) is 5.91 Å². The molecule has 0 radical (unpaired) electrons. The standard InChI is InChI=1S/C11H13ClIN3O2/c1-6(4-10(14)16-18)15-11(17)7-2-3-9(13)8(12)5-7/h2-3,5-6,18H,4H2,1H3,(H2,14,16)(H,15,17). The maximum absolute atomic E-state index is 11.9. The van der Waals surface area contributed by atoms with Crippen LogP contribution in [0.3, 0.4) is 0 Å². The molecule has 0 aromatic heterocycles. The molecule has 0 bridgehead atoms. The third kappa shape index (κ3) is 4.34. The van der Waals surface area contributed by atoms with Gasteiger partial charge < -0.3 is 16.3 Å². The number of hydrogen-bond acceptors (Lipinski definition) is 3. The molecule has 5 nitrogen and oxygen atoms in total. The van der Waals surface area contributed by atoms with Gasteiger partial charge in [-0.25, -0.2) is 0 Å². The van der Waals surface area contributed by atoms with Crippen molar-refractivity contribution in [1.29, 1.82) is 0 Å². The Labute approximate surface area is 124 Å². The first kappa shape index (κ1) is 15.0. The van der Waals surface area contributed by atoms with Crippen LogP contribution in [-0.2, 0) is 0 Å². The molecule has 0 aliphatic rings. The zero-order chi connectivity index (χ0) is 13.7. The number of carbonyl (C=O) groups is 1. The molecule has 0 saturated heterocycles. The minimum atomic E-state index is -0.244. The van der Waals surface area contributed by atoms with Crippen molar-refractivity contribution in [3.8, 4) is 0 Å². The summed E-state index contributed by atoms with van der Waals surface area (Å²) in [4.78, 5) is 11.9. The fraction of sp³-hybridized carbons (Fsp3) is 0.273. The zero-order valence-corrected chi connectivity index (χ0v) is 12.6. The van der Waals surface area contributed by atoms with Crippen molar-refractivity contribution in [3.05, 3.63) is 32.4 Å². The van der Waals surface area contributed by atoms with Crippen LogP contribution in [0.15, 0.2) is 23.4 Å². The average Bonchev–Trinajstić information content (AvgIpc) is 2.32. The Morgan fingerprint density at radius 1 is 1.67 bits per heavy atom. The minimum absolute atomic E-state index is 0.0726. The lowest BCUT2D eigenvalue weighted by atomic mass is 10.1. The van der Waals surface area contributed by atoms with E-state index in [1.165, 1.54) is 0 Å². The molecule has 1 rings (SSSR count). The van der Waals surface area contributed by atoms with Gasteiger partial charge in [0, 0.05) is 21.6 Å². The summed E-state index contributed by atoms with van der Waals surface area (Å²) in [6, 6.07) is 4.84. The van der Waals surface area contributed by atoms with Crippen molar-refractivity contribution in [2.45, 2.75) is 19.4 Å². The number of hydrogen-bond donors (Lipinski definition) is 3. The maximum Gasteiger partial charge on any atom is 0.251 e. The monoisotopic (exact) mass is 381 g/mol. The molecule has 1 amide bonds. The number of nitrogens with two attached hydrogens (primary N) is 1. The summed E-state index contributed by atoms with van der Waals surface area (Å²) >= 11 is 8.03. The molecule has 0 aliphatic heterocycles. The largest absolute Gasteiger partial charge is 0.409 e. The van der Waals surface area contributed by atoms with Crippen LogP contribution in [0.5, 0.6) is 0 Å². The van der Waals surface area contributed by atoms with Crippen LogP contribution in [0.1, 0.15) is 23.7 Å². The van der Waals surface area contributed by atoms with Gasteiger partial charge in [0.2, 0.25) is 0 Å². The Bertz CT molecular complexity index is 479. The number of amidine groups is 1. The van der Waals surface area contributed by atoms with Gasteiger partial charge in [0.15, 0.2) is 0 Å².